The molecule has 19 heavy (non-hydrogen) atoms. The van der Waals surface area contributed by atoms with Gasteiger partial charge in [-0.1, -0.05) is 13.3 Å². The summed E-state index contributed by atoms with van der Waals surface area (Å²) in [6, 6.07) is 0. The molecule has 0 aromatic carbocycles. The smallest absolute Gasteiger partial charge is 0.148 e. The van der Waals surface area contributed by atoms with Gasteiger partial charge in [0.25, 0.3) is 0 Å². The number of nitrogens with one attached hydrogen (secondary N) is 2. The molecule has 106 valence electrons. The van der Waals surface area contributed by atoms with E-state index in [0.717, 1.165) is 36.6 Å². The highest BCUT2D eigenvalue weighted by Crippen LogP contribution is 2.25. The molecule has 7 heteroatoms. The van der Waals surface area contributed by atoms with Gasteiger partial charge in [-0.05, 0) is 6.42 Å². The molecule has 0 amide bonds. The Hall–Kier alpha value is -0.660. The van der Waals surface area contributed by atoms with Gasteiger partial charge >= 0.3 is 0 Å². The summed E-state index contributed by atoms with van der Waals surface area (Å²) in [4.78, 5) is 8.53. The molecule has 2 heterocycles. The quantitative estimate of drug-likeness (QED) is 0.547. The fraction of sp³-hybridized carbons (Fsp3) is 0.667. The van der Waals surface area contributed by atoms with Gasteiger partial charge in [-0.25, -0.2) is 15.8 Å². The van der Waals surface area contributed by atoms with Gasteiger partial charge in [-0.2, -0.15) is 23.5 Å². The zero-order valence-electron chi connectivity index (χ0n) is 11.2. The monoisotopic (exact) mass is 299 g/mol. The minimum atomic E-state index is 0.664. The van der Waals surface area contributed by atoms with Crippen LogP contribution in [0.5, 0.6) is 0 Å². The van der Waals surface area contributed by atoms with Crippen LogP contribution in [0.4, 0.5) is 11.6 Å². The maximum absolute atomic E-state index is 5.51. The van der Waals surface area contributed by atoms with Crippen LogP contribution >= 0.6 is 23.5 Å². The normalized spacial score (nSPS) is 19.2. The summed E-state index contributed by atoms with van der Waals surface area (Å²) in [7, 11) is 0. The first-order chi connectivity index (χ1) is 9.35. The molecular formula is C12H21N5S2. The summed E-state index contributed by atoms with van der Waals surface area (Å²) in [6.45, 7) is 3.10. The predicted octanol–water partition coefficient (Wildman–Crippen LogP) is 1.98. The Morgan fingerprint density at radius 3 is 2.89 bits per heavy atom. The molecule has 0 bridgehead atoms. The topological polar surface area (TPSA) is 75.9 Å². The molecule has 1 aromatic heterocycles. The number of thioether (sulfide) groups is 2. The molecule has 1 aromatic rings. The lowest BCUT2D eigenvalue weighted by molar-refractivity contribution is 0.892. The van der Waals surface area contributed by atoms with Crippen LogP contribution in [0.15, 0.2) is 6.33 Å². The van der Waals surface area contributed by atoms with Gasteiger partial charge in [0.2, 0.25) is 0 Å². The lowest BCUT2D eigenvalue weighted by atomic mass is 10.1. The number of hydrogen-bond acceptors (Lipinski definition) is 7. The molecule has 1 atom stereocenters. The Labute approximate surface area is 122 Å². The third-order valence-electron chi connectivity index (χ3n) is 2.96. The minimum Gasteiger partial charge on any atom is -0.369 e. The van der Waals surface area contributed by atoms with E-state index in [4.69, 9.17) is 5.84 Å². The van der Waals surface area contributed by atoms with E-state index in [1.807, 2.05) is 23.5 Å². The van der Waals surface area contributed by atoms with E-state index in [1.54, 1.807) is 6.33 Å². The van der Waals surface area contributed by atoms with Gasteiger partial charge in [0.15, 0.2) is 0 Å². The van der Waals surface area contributed by atoms with Crippen molar-refractivity contribution in [1.29, 1.82) is 0 Å². The van der Waals surface area contributed by atoms with Gasteiger partial charge in [0, 0.05) is 34.6 Å². The third-order valence-corrected chi connectivity index (χ3v) is 5.81. The zero-order chi connectivity index (χ0) is 13.5. The molecule has 1 aliphatic heterocycles. The minimum absolute atomic E-state index is 0.664. The number of hydrogen-bond donors (Lipinski definition) is 3. The van der Waals surface area contributed by atoms with Crippen LogP contribution < -0.4 is 16.6 Å². The Balaban J connectivity index is 2.01. The molecule has 1 saturated heterocycles. The van der Waals surface area contributed by atoms with Crippen LogP contribution in [0.2, 0.25) is 0 Å². The molecular weight excluding hydrogens is 278 g/mol. The van der Waals surface area contributed by atoms with Crippen molar-refractivity contribution in [1.82, 2.24) is 9.97 Å². The van der Waals surface area contributed by atoms with E-state index in [2.05, 4.69) is 27.6 Å². The van der Waals surface area contributed by atoms with Crippen molar-refractivity contribution in [3.63, 3.8) is 0 Å². The van der Waals surface area contributed by atoms with Crippen molar-refractivity contribution in [3.05, 3.63) is 11.9 Å². The van der Waals surface area contributed by atoms with Crippen LogP contribution in [0.25, 0.3) is 0 Å². The van der Waals surface area contributed by atoms with Crippen LogP contribution in [0.1, 0.15) is 18.9 Å². The molecule has 4 N–H and O–H groups in total. The second-order valence-electron chi connectivity index (χ2n) is 4.39. The lowest BCUT2D eigenvalue weighted by Gasteiger charge is -2.22. The number of aromatic nitrogens is 2. The lowest BCUT2D eigenvalue weighted by Crippen LogP contribution is -2.24. The van der Waals surface area contributed by atoms with E-state index in [0.29, 0.717) is 5.25 Å². The van der Waals surface area contributed by atoms with Gasteiger partial charge in [0.1, 0.15) is 18.0 Å². The van der Waals surface area contributed by atoms with Gasteiger partial charge < -0.3 is 10.7 Å². The molecule has 0 spiro atoms. The fourth-order valence-electron chi connectivity index (χ4n) is 2.04. The maximum atomic E-state index is 5.51. The van der Waals surface area contributed by atoms with Gasteiger partial charge in [-0.15, -0.1) is 0 Å². The fourth-order valence-corrected chi connectivity index (χ4v) is 4.65. The summed E-state index contributed by atoms with van der Waals surface area (Å²) in [6.07, 6.45) is 3.53. The number of nitrogens with two attached hydrogens (primary N) is 1. The molecule has 0 radical (unpaired) electrons. The standard InChI is InChI=1S/C12H21N5S2/c1-2-3-10-11(15-8-16-12(10)17-13)14-6-9-7-18-4-5-19-9/h8-9H,2-7,13H2,1H3,(H2,14,15,16,17). The van der Waals surface area contributed by atoms with Crippen molar-refractivity contribution in [2.75, 3.05) is 34.5 Å². The number of rotatable bonds is 6. The number of hydrazine groups is 1. The first-order valence-electron chi connectivity index (χ1n) is 6.58. The number of nitrogens with zero attached hydrogens (tertiary/aromatic N) is 2. The molecule has 1 aliphatic rings. The Morgan fingerprint density at radius 1 is 1.37 bits per heavy atom. The Morgan fingerprint density at radius 2 is 2.21 bits per heavy atom. The highest BCUT2D eigenvalue weighted by molar-refractivity contribution is 8.06. The zero-order valence-corrected chi connectivity index (χ0v) is 12.8. The van der Waals surface area contributed by atoms with Crippen LogP contribution in [-0.2, 0) is 6.42 Å². The SMILES string of the molecule is CCCc1c(NN)ncnc1NCC1CSCCS1. The van der Waals surface area contributed by atoms with Crippen molar-refractivity contribution >= 4 is 35.2 Å². The maximum Gasteiger partial charge on any atom is 0.148 e. The van der Waals surface area contributed by atoms with Crippen molar-refractivity contribution in [2.24, 2.45) is 5.84 Å². The number of anilines is 2. The van der Waals surface area contributed by atoms with Gasteiger partial charge in [-0.3, -0.25) is 0 Å². The van der Waals surface area contributed by atoms with Crippen LogP contribution in [0.3, 0.4) is 0 Å². The van der Waals surface area contributed by atoms with E-state index < -0.39 is 0 Å². The summed E-state index contributed by atoms with van der Waals surface area (Å²) in [5.41, 5.74) is 3.74. The van der Waals surface area contributed by atoms with Crippen LogP contribution in [-0.4, -0.2) is 39.0 Å². The summed E-state index contributed by atoms with van der Waals surface area (Å²) >= 11 is 4.08. The summed E-state index contributed by atoms with van der Waals surface area (Å²) in [5.74, 6) is 10.9. The van der Waals surface area contributed by atoms with E-state index >= 15 is 0 Å². The molecule has 2 rings (SSSR count). The highest BCUT2D eigenvalue weighted by atomic mass is 32.2. The van der Waals surface area contributed by atoms with E-state index in [9.17, 15) is 0 Å². The van der Waals surface area contributed by atoms with Crippen LogP contribution in [0, 0.1) is 0 Å². The number of nitrogen functional groups attached to an aromatic ring is 1. The van der Waals surface area contributed by atoms with Crippen molar-refractivity contribution in [2.45, 2.75) is 25.0 Å². The second kappa shape index (κ2) is 7.81. The highest BCUT2D eigenvalue weighted by Gasteiger charge is 2.16. The van der Waals surface area contributed by atoms with Gasteiger partial charge in [0.05, 0.1) is 0 Å². The largest absolute Gasteiger partial charge is 0.369 e. The average molecular weight is 299 g/mol. The molecule has 0 saturated carbocycles. The Bertz CT molecular complexity index is 396. The van der Waals surface area contributed by atoms with E-state index in [1.165, 1.54) is 17.3 Å². The molecule has 1 fully saturated rings. The summed E-state index contributed by atoms with van der Waals surface area (Å²) in [5, 5.41) is 4.13. The molecule has 1 unspecified atom stereocenters. The third kappa shape index (κ3) is 4.15. The average Bonchev–Trinajstić information content (AvgIpc) is 2.47. The Kier molecular flexibility index (Phi) is 6.06. The predicted molar refractivity (Wildman–Crippen MR) is 85.9 cm³/mol. The summed E-state index contributed by atoms with van der Waals surface area (Å²) < 4.78 is 0. The van der Waals surface area contributed by atoms with E-state index in [-0.39, 0.29) is 0 Å². The van der Waals surface area contributed by atoms with Crippen molar-refractivity contribution < 1.29 is 0 Å². The molecule has 5 nitrogen and oxygen atoms in total. The van der Waals surface area contributed by atoms with Crippen molar-refractivity contribution in [3.8, 4) is 0 Å². The first-order valence-corrected chi connectivity index (χ1v) is 8.79. The molecule has 0 aliphatic carbocycles. The first kappa shape index (κ1) is 14.7. The second-order valence-corrected chi connectivity index (χ2v) is 6.95.